The minimum Gasteiger partial charge on any atom is -0.382 e. The second kappa shape index (κ2) is 9.13. The standard InChI is InChI=1S/C12H26O3/c1-5-7-12(14-4,8-6-2)11-15-10-9-13-3/h5-11H2,1-4H3. The monoisotopic (exact) mass is 218 g/mol. The van der Waals surface area contributed by atoms with Crippen LogP contribution >= 0.6 is 0 Å². The lowest BCUT2D eigenvalue weighted by molar-refractivity contribution is -0.0911. The summed E-state index contributed by atoms with van der Waals surface area (Å²) in [6.45, 7) is 6.33. The van der Waals surface area contributed by atoms with Crippen LogP contribution in [0.5, 0.6) is 0 Å². The Balaban J connectivity index is 3.96. The van der Waals surface area contributed by atoms with Crippen molar-refractivity contribution < 1.29 is 14.2 Å². The van der Waals surface area contributed by atoms with Gasteiger partial charge in [-0.05, 0) is 12.8 Å². The zero-order chi connectivity index (χ0) is 11.6. The summed E-state index contributed by atoms with van der Waals surface area (Å²) >= 11 is 0. The zero-order valence-corrected chi connectivity index (χ0v) is 10.7. The Morgan fingerprint density at radius 3 is 1.93 bits per heavy atom. The highest BCUT2D eigenvalue weighted by Gasteiger charge is 2.27. The van der Waals surface area contributed by atoms with Crippen molar-refractivity contribution >= 4 is 0 Å². The molecular weight excluding hydrogens is 192 g/mol. The van der Waals surface area contributed by atoms with Crippen molar-refractivity contribution in [3.05, 3.63) is 0 Å². The molecule has 0 radical (unpaired) electrons. The molecular formula is C12H26O3. The minimum absolute atomic E-state index is 0.0861. The highest BCUT2D eigenvalue weighted by Crippen LogP contribution is 2.24. The average Bonchev–Trinajstić information content (AvgIpc) is 2.25. The third kappa shape index (κ3) is 6.13. The molecule has 0 aliphatic carbocycles. The van der Waals surface area contributed by atoms with Crippen LogP contribution < -0.4 is 0 Å². The molecule has 0 saturated heterocycles. The van der Waals surface area contributed by atoms with Gasteiger partial charge in [0, 0.05) is 14.2 Å². The number of rotatable bonds is 10. The molecule has 0 atom stereocenters. The third-order valence-electron chi connectivity index (χ3n) is 2.64. The summed E-state index contributed by atoms with van der Waals surface area (Å²) in [4.78, 5) is 0. The molecule has 0 rings (SSSR count). The van der Waals surface area contributed by atoms with Gasteiger partial charge in [-0.15, -0.1) is 0 Å². The molecule has 0 amide bonds. The van der Waals surface area contributed by atoms with Crippen molar-refractivity contribution in [3.8, 4) is 0 Å². The maximum atomic E-state index is 5.63. The Labute approximate surface area is 94.1 Å². The number of hydrogen-bond donors (Lipinski definition) is 0. The van der Waals surface area contributed by atoms with Gasteiger partial charge in [0.1, 0.15) is 0 Å². The van der Waals surface area contributed by atoms with E-state index in [1.165, 1.54) is 0 Å². The first-order valence-corrected chi connectivity index (χ1v) is 5.86. The summed E-state index contributed by atoms with van der Waals surface area (Å²) in [6, 6.07) is 0. The predicted molar refractivity (Wildman–Crippen MR) is 62.3 cm³/mol. The van der Waals surface area contributed by atoms with Crippen LogP contribution in [0.1, 0.15) is 39.5 Å². The summed E-state index contributed by atoms with van der Waals surface area (Å²) in [5, 5.41) is 0. The molecule has 0 aromatic carbocycles. The van der Waals surface area contributed by atoms with E-state index in [0.717, 1.165) is 25.7 Å². The fourth-order valence-electron chi connectivity index (χ4n) is 1.84. The van der Waals surface area contributed by atoms with Crippen LogP contribution in [0.3, 0.4) is 0 Å². The van der Waals surface area contributed by atoms with Crippen LogP contribution in [-0.2, 0) is 14.2 Å². The molecule has 15 heavy (non-hydrogen) atoms. The quantitative estimate of drug-likeness (QED) is 0.528. The van der Waals surface area contributed by atoms with Crippen molar-refractivity contribution in [3.63, 3.8) is 0 Å². The molecule has 92 valence electrons. The maximum absolute atomic E-state index is 5.63. The van der Waals surface area contributed by atoms with Crippen molar-refractivity contribution in [2.24, 2.45) is 0 Å². The van der Waals surface area contributed by atoms with E-state index in [2.05, 4.69) is 13.8 Å². The molecule has 0 spiro atoms. The Kier molecular flexibility index (Phi) is 9.06. The fraction of sp³-hybridized carbons (Fsp3) is 1.00. The van der Waals surface area contributed by atoms with Gasteiger partial charge in [-0.25, -0.2) is 0 Å². The van der Waals surface area contributed by atoms with Gasteiger partial charge in [0.2, 0.25) is 0 Å². The van der Waals surface area contributed by atoms with Crippen LogP contribution in [0.15, 0.2) is 0 Å². The number of ether oxygens (including phenoxy) is 3. The van der Waals surface area contributed by atoms with Gasteiger partial charge in [0.15, 0.2) is 0 Å². The zero-order valence-electron chi connectivity index (χ0n) is 10.7. The van der Waals surface area contributed by atoms with Crippen molar-refractivity contribution in [1.82, 2.24) is 0 Å². The van der Waals surface area contributed by atoms with Gasteiger partial charge in [0.05, 0.1) is 25.4 Å². The largest absolute Gasteiger partial charge is 0.382 e. The molecule has 0 aliphatic rings. The summed E-state index contributed by atoms with van der Waals surface area (Å²) < 4.78 is 16.2. The van der Waals surface area contributed by atoms with Gasteiger partial charge in [-0.1, -0.05) is 26.7 Å². The van der Waals surface area contributed by atoms with Gasteiger partial charge < -0.3 is 14.2 Å². The Morgan fingerprint density at radius 1 is 0.933 bits per heavy atom. The topological polar surface area (TPSA) is 27.7 Å². The molecule has 0 unspecified atom stereocenters. The predicted octanol–water partition coefficient (Wildman–Crippen LogP) is 2.63. The second-order valence-corrected chi connectivity index (χ2v) is 3.93. The maximum Gasteiger partial charge on any atom is 0.0910 e. The fourth-order valence-corrected chi connectivity index (χ4v) is 1.84. The second-order valence-electron chi connectivity index (χ2n) is 3.93. The molecule has 0 N–H and O–H groups in total. The molecule has 0 aromatic heterocycles. The van der Waals surface area contributed by atoms with Gasteiger partial charge in [-0.3, -0.25) is 0 Å². The highest BCUT2D eigenvalue weighted by molar-refractivity contribution is 4.79. The molecule has 3 heteroatoms. The van der Waals surface area contributed by atoms with E-state index in [4.69, 9.17) is 14.2 Å². The lowest BCUT2D eigenvalue weighted by atomic mass is 9.93. The van der Waals surface area contributed by atoms with Crippen molar-refractivity contribution in [1.29, 1.82) is 0 Å². The molecule has 0 fully saturated rings. The van der Waals surface area contributed by atoms with E-state index in [1.54, 1.807) is 14.2 Å². The van der Waals surface area contributed by atoms with Crippen molar-refractivity contribution in [2.45, 2.75) is 45.1 Å². The first-order valence-electron chi connectivity index (χ1n) is 5.86. The lowest BCUT2D eigenvalue weighted by Gasteiger charge is -2.31. The van der Waals surface area contributed by atoms with Crippen LogP contribution in [0.4, 0.5) is 0 Å². The van der Waals surface area contributed by atoms with E-state index in [0.29, 0.717) is 19.8 Å². The number of hydrogen-bond acceptors (Lipinski definition) is 3. The summed E-state index contributed by atoms with van der Waals surface area (Å²) in [7, 11) is 3.47. The lowest BCUT2D eigenvalue weighted by Crippen LogP contribution is -2.37. The SMILES string of the molecule is CCCC(CCC)(COCCOC)OC. The van der Waals surface area contributed by atoms with Crippen LogP contribution in [-0.4, -0.2) is 39.6 Å². The molecule has 0 heterocycles. The van der Waals surface area contributed by atoms with E-state index in [-0.39, 0.29) is 5.60 Å². The highest BCUT2D eigenvalue weighted by atomic mass is 16.5. The first-order chi connectivity index (χ1) is 7.24. The normalized spacial score (nSPS) is 12.0. The first kappa shape index (κ1) is 14.9. The molecule has 0 bridgehead atoms. The molecule has 0 aliphatic heterocycles. The van der Waals surface area contributed by atoms with Crippen LogP contribution in [0.25, 0.3) is 0 Å². The van der Waals surface area contributed by atoms with E-state index >= 15 is 0 Å². The summed E-state index contributed by atoms with van der Waals surface area (Å²) in [5.41, 5.74) is -0.0861. The Hall–Kier alpha value is -0.120. The van der Waals surface area contributed by atoms with Crippen molar-refractivity contribution in [2.75, 3.05) is 34.0 Å². The van der Waals surface area contributed by atoms with E-state index in [9.17, 15) is 0 Å². The average molecular weight is 218 g/mol. The van der Waals surface area contributed by atoms with Gasteiger partial charge >= 0.3 is 0 Å². The molecule has 0 saturated carbocycles. The third-order valence-corrected chi connectivity index (χ3v) is 2.64. The minimum atomic E-state index is -0.0861. The Bertz CT molecular complexity index is 131. The van der Waals surface area contributed by atoms with Gasteiger partial charge in [-0.2, -0.15) is 0 Å². The smallest absolute Gasteiger partial charge is 0.0910 e. The van der Waals surface area contributed by atoms with Gasteiger partial charge in [0.25, 0.3) is 0 Å². The van der Waals surface area contributed by atoms with Crippen LogP contribution in [0, 0.1) is 0 Å². The van der Waals surface area contributed by atoms with E-state index < -0.39 is 0 Å². The Morgan fingerprint density at radius 2 is 1.53 bits per heavy atom. The number of methoxy groups -OCH3 is 2. The van der Waals surface area contributed by atoms with Crippen LogP contribution in [0.2, 0.25) is 0 Å². The summed E-state index contributed by atoms with van der Waals surface area (Å²) in [5.74, 6) is 0. The molecule has 0 aromatic rings. The van der Waals surface area contributed by atoms with E-state index in [1.807, 2.05) is 0 Å². The summed E-state index contributed by atoms with van der Waals surface area (Å²) in [6.07, 6.45) is 4.37. The molecule has 3 nitrogen and oxygen atoms in total.